The van der Waals surface area contributed by atoms with E-state index in [1.54, 1.807) is 21.3 Å². The van der Waals surface area contributed by atoms with Crippen molar-refractivity contribution in [3.8, 4) is 17.2 Å². The Morgan fingerprint density at radius 2 is 1.65 bits per heavy atom. The smallest absolute Gasteiger partial charge is 0.131 e. The molecule has 0 aliphatic heterocycles. The number of rotatable bonds is 6. The molecule has 0 amide bonds. The van der Waals surface area contributed by atoms with E-state index < -0.39 is 0 Å². The molecule has 0 aliphatic carbocycles. The van der Waals surface area contributed by atoms with Crippen LogP contribution in [0.25, 0.3) is 0 Å². The zero-order valence-corrected chi connectivity index (χ0v) is 11.5. The van der Waals surface area contributed by atoms with Crippen molar-refractivity contribution in [2.24, 2.45) is 0 Å². The highest BCUT2D eigenvalue weighted by molar-refractivity contribution is 7.80. The average Bonchev–Trinajstić information content (AvgIpc) is 2.39. The third-order valence-corrected chi connectivity index (χ3v) is 3.00. The molecular weight excluding hydrogens is 238 g/mol. The van der Waals surface area contributed by atoms with Crippen LogP contribution < -0.4 is 19.5 Å². The second-order valence-electron chi connectivity index (χ2n) is 3.47. The molecule has 0 aliphatic rings. The maximum Gasteiger partial charge on any atom is 0.131 e. The van der Waals surface area contributed by atoms with Gasteiger partial charge in [-0.25, -0.2) is 0 Å². The third kappa shape index (κ3) is 2.98. The Labute approximate surface area is 108 Å². The molecule has 17 heavy (non-hydrogen) atoms. The molecule has 5 heteroatoms. The summed E-state index contributed by atoms with van der Waals surface area (Å²) in [6.07, 6.45) is 0. The lowest BCUT2D eigenvalue weighted by atomic mass is 10.1. The molecule has 0 saturated carbocycles. The van der Waals surface area contributed by atoms with E-state index >= 15 is 0 Å². The number of ether oxygens (including phenoxy) is 3. The lowest BCUT2D eigenvalue weighted by molar-refractivity contribution is 0.362. The van der Waals surface area contributed by atoms with E-state index in [0.29, 0.717) is 11.5 Å². The van der Waals surface area contributed by atoms with Gasteiger partial charge in [-0.1, -0.05) is 0 Å². The average molecular weight is 257 g/mol. The molecule has 0 bridgehead atoms. The van der Waals surface area contributed by atoms with Crippen LogP contribution in [0.2, 0.25) is 0 Å². The van der Waals surface area contributed by atoms with Crippen LogP contribution in [-0.4, -0.2) is 34.1 Å². The van der Waals surface area contributed by atoms with Crippen molar-refractivity contribution in [2.75, 3.05) is 34.1 Å². The molecule has 1 unspecified atom stereocenters. The second-order valence-corrected chi connectivity index (χ2v) is 3.83. The molecule has 0 heterocycles. The predicted octanol–water partition coefficient (Wildman–Crippen LogP) is 1.90. The van der Waals surface area contributed by atoms with Crippen molar-refractivity contribution >= 4 is 12.6 Å². The lowest BCUT2D eigenvalue weighted by Crippen LogP contribution is -2.19. The Hall–Kier alpha value is -1.07. The number of methoxy groups -OCH3 is 3. The zero-order chi connectivity index (χ0) is 12.8. The lowest BCUT2D eigenvalue weighted by Gasteiger charge is -2.21. The van der Waals surface area contributed by atoms with Gasteiger partial charge >= 0.3 is 0 Å². The number of hydrogen-bond acceptors (Lipinski definition) is 5. The van der Waals surface area contributed by atoms with Crippen LogP contribution in [0.15, 0.2) is 12.1 Å². The molecule has 0 radical (unpaired) electrons. The first-order valence-electron chi connectivity index (χ1n) is 5.29. The van der Waals surface area contributed by atoms with Crippen molar-refractivity contribution < 1.29 is 14.2 Å². The van der Waals surface area contributed by atoms with Gasteiger partial charge in [0.05, 0.1) is 26.9 Å². The standard InChI is InChI=1S/C12H19NO3S/c1-13-9(7-17)12-10(15-3)5-8(14-2)6-11(12)16-4/h5-6,9,13,17H,7H2,1-4H3. The van der Waals surface area contributed by atoms with E-state index in [2.05, 4.69) is 17.9 Å². The first-order chi connectivity index (χ1) is 8.21. The van der Waals surface area contributed by atoms with Crippen LogP contribution in [0.3, 0.4) is 0 Å². The van der Waals surface area contributed by atoms with Gasteiger partial charge in [-0.2, -0.15) is 12.6 Å². The van der Waals surface area contributed by atoms with Crippen LogP contribution in [0.1, 0.15) is 11.6 Å². The molecule has 1 aromatic carbocycles. The summed E-state index contributed by atoms with van der Waals surface area (Å²) in [5.41, 5.74) is 0.952. The minimum Gasteiger partial charge on any atom is -0.496 e. The van der Waals surface area contributed by atoms with Gasteiger partial charge in [-0.05, 0) is 7.05 Å². The van der Waals surface area contributed by atoms with Crippen molar-refractivity contribution in [1.82, 2.24) is 5.32 Å². The predicted molar refractivity (Wildman–Crippen MR) is 71.8 cm³/mol. The largest absolute Gasteiger partial charge is 0.496 e. The summed E-state index contributed by atoms with van der Waals surface area (Å²) >= 11 is 4.32. The molecule has 4 nitrogen and oxygen atoms in total. The van der Waals surface area contributed by atoms with E-state index in [9.17, 15) is 0 Å². The highest BCUT2D eigenvalue weighted by Crippen LogP contribution is 2.38. The maximum atomic E-state index is 5.38. The highest BCUT2D eigenvalue weighted by atomic mass is 32.1. The van der Waals surface area contributed by atoms with Gasteiger partial charge < -0.3 is 19.5 Å². The van der Waals surface area contributed by atoms with E-state index in [1.165, 1.54) is 0 Å². The molecule has 0 saturated heterocycles. The Bertz CT molecular complexity index is 342. The van der Waals surface area contributed by atoms with Crippen LogP contribution in [0, 0.1) is 0 Å². The summed E-state index contributed by atoms with van der Waals surface area (Å²) in [4.78, 5) is 0. The summed E-state index contributed by atoms with van der Waals surface area (Å²) in [6, 6.07) is 3.74. The van der Waals surface area contributed by atoms with Crippen molar-refractivity contribution in [2.45, 2.75) is 6.04 Å². The summed E-state index contributed by atoms with van der Waals surface area (Å²) < 4.78 is 16.0. The van der Waals surface area contributed by atoms with E-state index in [0.717, 1.165) is 17.1 Å². The Morgan fingerprint density at radius 3 is 1.94 bits per heavy atom. The SMILES string of the molecule is CNC(CS)c1c(OC)cc(OC)cc1OC. The number of nitrogens with one attached hydrogen (secondary N) is 1. The summed E-state index contributed by atoms with van der Waals surface area (Å²) in [6.45, 7) is 0. The fourth-order valence-corrected chi connectivity index (χ4v) is 2.07. The fourth-order valence-electron chi connectivity index (χ4n) is 1.70. The molecule has 1 aromatic rings. The normalized spacial score (nSPS) is 12.1. The molecule has 0 aromatic heterocycles. The van der Waals surface area contributed by atoms with Crippen molar-refractivity contribution in [1.29, 1.82) is 0 Å². The van der Waals surface area contributed by atoms with Gasteiger partial charge in [0.15, 0.2) is 0 Å². The van der Waals surface area contributed by atoms with Crippen molar-refractivity contribution in [3.63, 3.8) is 0 Å². The topological polar surface area (TPSA) is 39.7 Å². The zero-order valence-electron chi connectivity index (χ0n) is 10.6. The Morgan fingerprint density at radius 1 is 1.12 bits per heavy atom. The first-order valence-corrected chi connectivity index (χ1v) is 5.93. The number of benzene rings is 1. The van der Waals surface area contributed by atoms with E-state index in [-0.39, 0.29) is 6.04 Å². The fraction of sp³-hybridized carbons (Fsp3) is 0.500. The van der Waals surface area contributed by atoms with Gasteiger partial charge in [0.25, 0.3) is 0 Å². The summed E-state index contributed by atoms with van der Waals surface area (Å²) in [5.74, 6) is 2.82. The third-order valence-electron chi connectivity index (χ3n) is 2.63. The van der Waals surface area contributed by atoms with Crippen LogP contribution in [0.4, 0.5) is 0 Å². The molecule has 1 rings (SSSR count). The van der Waals surface area contributed by atoms with Crippen molar-refractivity contribution in [3.05, 3.63) is 17.7 Å². The molecule has 96 valence electrons. The Kier molecular flexibility index (Phi) is 5.44. The van der Waals surface area contributed by atoms with E-state index in [1.807, 2.05) is 19.2 Å². The van der Waals surface area contributed by atoms with Gasteiger partial charge in [-0.3, -0.25) is 0 Å². The van der Waals surface area contributed by atoms with Gasteiger partial charge in [0, 0.05) is 23.9 Å². The quantitative estimate of drug-likeness (QED) is 0.764. The van der Waals surface area contributed by atoms with Crippen LogP contribution in [0.5, 0.6) is 17.2 Å². The first kappa shape index (κ1) is 14.0. The molecule has 0 spiro atoms. The second kappa shape index (κ2) is 6.61. The molecule has 1 N–H and O–H groups in total. The van der Waals surface area contributed by atoms with E-state index in [4.69, 9.17) is 14.2 Å². The minimum absolute atomic E-state index is 0.0640. The van der Waals surface area contributed by atoms with Gasteiger partial charge in [0.1, 0.15) is 17.2 Å². The molecule has 1 atom stereocenters. The molecule has 0 fully saturated rings. The molecular formula is C12H19NO3S. The monoisotopic (exact) mass is 257 g/mol. The van der Waals surface area contributed by atoms with Crippen LogP contribution >= 0.6 is 12.6 Å². The Balaban J connectivity index is 3.33. The minimum atomic E-state index is 0.0640. The maximum absolute atomic E-state index is 5.38. The summed E-state index contributed by atoms with van der Waals surface area (Å²) in [5, 5.41) is 3.18. The van der Waals surface area contributed by atoms with Gasteiger partial charge in [-0.15, -0.1) is 0 Å². The number of hydrogen-bond donors (Lipinski definition) is 2. The number of thiol groups is 1. The highest BCUT2D eigenvalue weighted by Gasteiger charge is 2.20. The van der Waals surface area contributed by atoms with Gasteiger partial charge in [0.2, 0.25) is 0 Å². The van der Waals surface area contributed by atoms with Crippen LogP contribution in [-0.2, 0) is 0 Å². The summed E-state index contributed by atoms with van der Waals surface area (Å²) in [7, 11) is 6.75.